The van der Waals surface area contributed by atoms with Crippen LogP contribution in [0.25, 0.3) is 0 Å². The van der Waals surface area contributed by atoms with Crippen LogP contribution in [-0.4, -0.2) is 66.2 Å². The number of rotatable bonds is 2. The molecule has 29 heavy (non-hydrogen) atoms. The molecule has 156 valence electrons. The molecule has 0 radical (unpaired) electrons. The Hall–Kier alpha value is -2.75. The SMILES string of the molecule is CC(C)(C)OC(=O)N1CCCC1C(=O)N1CCCN(c2ccccc2C#N)CC1. The zero-order valence-electron chi connectivity index (χ0n) is 17.6. The van der Waals surface area contributed by atoms with Crippen molar-refractivity contribution in [2.45, 2.75) is 51.7 Å². The van der Waals surface area contributed by atoms with Crippen molar-refractivity contribution in [3.63, 3.8) is 0 Å². The van der Waals surface area contributed by atoms with Crippen LogP contribution in [0, 0.1) is 11.3 Å². The minimum atomic E-state index is -0.579. The van der Waals surface area contributed by atoms with Gasteiger partial charge >= 0.3 is 6.09 Å². The first kappa shape index (κ1) is 21.0. The molecule has 2 aliphatic rings. The second-order valence-corrected chi connectivity index (χ2v) is 8.63. The number of benzene rings is 1. The molecule has 0 aliphatic carbocycles. The van der Waals surface area contributed by atoms with Crippen molar-refractivity contribution in [3.8, 4) is 6.07 Å². The molecule has 1 atom stereocenters. The lowest BCUT2D eigenvalue weighted by atomic mass is 10.1. The lowest BCUT2D eigenvalue weighted by Crippen LogP contribution is -2.49. The number of nitrogens with zero attached hydrogens (tertiary/aromatic N) is 4. The quantitative estimate of drug-likeness (QED) is 0.765. The number of hydrogen-bond donors (Lipinski definition) is 0. The van der Waals surface area contributed by atoms with Crippen LogP contribution in [-0.2, 0) is 9.53 Å². The summed E-state index contributed by atoms with van der Waals surface area (Å²) in [4.78, 5) is 31.4. The highest BCUT2D eigenvalue weighted by Gasteiger charge is 2.39. The fraction of sp³-hybridized carbons (Fsp3) is 0.591. The highest BCUT2D eigenvalue weighted by molar-refractivity contribution is 5.86. The molecule has 2 aliphatic heterocycles. The van der Waals surface area contributed by atoms with Crippen molar-refractivity contribution < 1.29 is 14.3 Å². The maximum absolute atomic E-state index is 13.2. The molecule has 0 aromatic heterocycles. The van der Waals surface area contributed by atoms with Gasteiger partial charge in [0.15, 0.2) is 0 Å². The molecule has 0 bridgehead atoms. The van der Waals surface area contributed by atoms with Gasteiger partial charge in [-0.1, -0.05) is 12.1 Å². The Balaban J connectivity index is 1.66. The predicted octanol–water partition coefficient (Wildman–Crippen LogP) is 3.00. The lowest BCUT2D eigenvalue weighted by molar-refractivity contribution is -0.135. The molecule has 7 heteroatoms. The van der Waals surface area contributed by atoms with Crippen LogP contribution in [0.15, 0.2) is 24.3 Å². The zero-order valence-corrected chi connectivity index (χ0v) is 17.6. The molecule has 0 spiro atoms. The summed E-state index contributed by atoms with van der Waals surface area (Å²) < 4.78 is 5.49. The number of anilines is 1. The van der Waals surface area contributed by atoms with E-state index in [1.165, 1.54) is 0 Å². The number of para-hydroxylation sites is 1. The fourth-order valence-electron chi connectivity index (χ4n) is 4.00. The molecule has 3 rings (SSSR count). The van der Waals surface area contributed by atoms with E-state index in [0.717, 1.165) is 25.1 Å². The van der Waals surface area contributed by atoms with Gasteiger partial charge in [-0.25, -0.2) is 4.79 Å². The van der Waals surface area contributed by atoms with E-state index in [2.05, 4.69) is 11.0 Å². The third-order valence-corrected chi connectivity index (χ3v) is 5.34. The van der Waals surface area contributed by atoms with E-state index in [1.807, 2.05) is 49.9 Å². The van der Waals surface area contributed by atoms with E-state index in [-0.39, 0.29) is 5.91 Å². The van der Waals surface area contributed by atoms with Crippen LogP contribution in [0.5, 0.6) is 0 Å². The summed E-state index contributed by atoms with van der Waals surface area (Å²) in [5.41, 5.74) is 0.990. The van der Waals surface area contributed by atoms with Gasteiger partial charge in [-0.05, 0) is 52.2 Å². The number of likely N-dealkylation sites (tertiary alicyclic amines) is 1. The van der Waals surface area contributed by atoms with Gasteiger partial charge in [-0.15, -0.1) is 0 Å². The van der Waals surface area contributed by atoms with Gasteiger partial charge in [0.2, 0.25) is 5.91 Å². The second-order valence-electron chi connectivity index (χ2n) is 8.63. The van der Waals surface area contributed by atoms with E-state index in [4.69, 9.17) is 4.74 Å². The molecule has 2 fully saturated rings. The average molecular weight is 399 g/mol. The molecule has 2 heterocycles. The van der Waals surface area contributed by atoms with E-state index < -0.39 is 17.7 Å². The van der Waals surface area contributed by atoms with Crippen molar-refractivity contribution in [2.24, 2.45) is 0 Å². The molecule has 1 aromatic rings. The first-order valence-electron chi connectivity index (χ1n) is 10.3. The van der Waals surface area contributed by atoms with Gasteiger partial charge in [-0.3, -0.25) is 9.69 Å². The number of nitriles is 1. The molecule has 2 amide bonds. The van der Waals surface area contributed by atoms with Gasteiger partial charge < -0.3 is 14.5 Å². The average Bonchev–Trinajstić information content (AvgIpc) is 3.04. The second kappa shape index (κ2) is 8.73. The summed E-state index contributed by atoms with van der Waals surface area (Å²) in [7, 11) is 0. The minimum Gasteiger partial charge on any atom is -0.444 e. The summed E-state index contributed by atoms with van der Waals surface area (Å²) >= 11 is 0. The summed E-state index contributed by atoms with van der Waals surface area (Å²) in [5, 5.41) is 9.37. The maximum Gasteiger partial charge on any atom is 0.410 e. The first-order chi connectivity index (χ1) is 13.8. The van der Waals surface area contributed by atoms with Crippen molar-refractivity contribution in [1.82, 2.24) is 9.80 Å². The molecule has 2 saturated heterocycles. The Morgan fingerprint density at radius 3 is 2.55 bits per heavy atom. The summed E-state index contributed by atoms with van der Waals surface area (Å²) in [6, 6.07) is 9.38. The zero-order chi connectivity index (χ0) is 21.0. The van der Waals surface area contributed by atoms with Crippen LogP contribution in [0.3, 0.4) is 0 Å². The third kappa shape index (κ3) is 5.00. The monoisotopic (exact) mass is 398 g/mol. The number of hydrogen-bond acceptors (Lipinski definition) is 5. The number of carbonyl (C=O) groups excluding carboxylic acids is 2. The Morgan fingerprint density at radius 1 is 1.07 bits per heavy atom. The fourth-order valence-corrected chi connectivity index (χ4v) is 4.00. The first-order valence-corrected chi connectivity index (χ1v) is 10.3. The highest BCUT2D eigenvalue weighted by Crippen LogP contribution is 2.25. The minimum absolute atomic E-state index is 0.00350. The van der Waals surface area contributed by atoms with Crippen molar-refractivity contribution in [3.05, 3.63) is 29.8 Å². The Morgan fingerprint density at radius 2 is 1.83 bits per heavy atom. The van der Waals surface area contributed by atoms with Crippen LogP contribution in [0.4, 0.5) is 10.5 Å². The molecule has 0 N–H and O–H groups in total. The normalized spacial score (nSPS) is 20.2. The smallest absolute Gasteiger partial charge is 0.410 e. The lowest BCUT2D eigenvalue weighted by Gasteiger charge is -2.31. The van der Waals surface area contributed by atoms with E-state index in [1.54, 1.807) is 4.90 Å². The molecule has 1 unspecified atom stereocenters. The van der Waals surface area contributed by atoms with Gasteiger partial charge in [0.25, 0.3) is 0 Å². The van der Waals surface area contributed by atoms with Crippen molar-refractivity contribution in [2.75, 3.05) is 37.6 Å². The standard InChI is InChI=1S/C22H30N4O3/c1-22(2,3)29-21(28)26-13-6-10-19(26)20(27)25-12-7-11-24(14-15-25)18-9-5-4-8-17(18)16-23/h4-5,8-9,19H,6-7,10-15H2,1-3H3. The Labute approximate surface area is 172 Å². The van der Waals surface area contributed by atoms with Gasteiger partial charge in [0, 0.05) is 32.7 Å². The van der Waals surface area contributed by atoms with E-state index in [0.29, 0.717) is 38.2 Å². The van der Waals surface area contributed by atoms with Crippen molar-refractivity contribution in [1.29, 1.82) is 5.26 Å². The number of ether oxygens (including phenoxy) is 1. The molecule has 7 nitrogen and oxygen atoms in total. The van der Waals surface area contributed by atoms with E-state index >= 15 is 0 Å². The highest BCUT2D eigenvalue weighted by atomic mass is 16.6. The van der Waals surface area contributed by atoms with Crippen LogP contribution >= 0.6 is 0 Å². The van der Waals surface area contributed by atoms with Crippen LogP contribution in [0.2, 0.25) is 0 Å². The van der Waals surface area contributed by atoms with Crippen LogP contribution < -0.4 is 4.90 Å². The van der Waals surface area contributed by atoms with E-state index in [9.17, 15) is 14.9 Å². The maximum atomic E-state index is 13.2. The Kier molecular flexibility index (Phi) is 6.31. The molecular weight excluding hydrogens is 368 g/mol. The Bertz CT molecular complexity index is 796. The largest absolute Gasteiger partial charge is 0.444 e. The predicted molar refractivity (Wildman–Crippen MR) is 111 cm³/mol. The van der Waals surface area contributed by atoms with Crippen LogP contribution in [0.1, 0.15) is 45.6 Å². The number of carbonyl (C=O) groups is 2. The van der Waals surface area contributed by atoms with Gasteiger partial charge in [0.1, 0.15) is 17.7 Å². The molecular formula is C22H30N4O3. The van der Waals surface area contributed by atoms with Gasteiger partial charge in [-0.2, -0.15) is 5.26 Å². The topological polar surface area (TPSA) is 76.9 Å². The summed E-state index contributed by atoms with van der Waals surface area (Å²) in [6.45, 7) is 8.76. The summed E-state index contributed by atoms with van der Waals surface area (Å²) in [6.07, 6.45) is 1.90. The van der Waals surface area contributed by atoms with Crippen molar-refractivity contribution >= 4 is 17.7 Å². The third-order valence-electron chi connectivity index (χ3n) is 5.34. The van der Waals surface area contributed by atoms with Gasteiger partial charge in [0.05, 0.1) is 11.3 Å². The number of amides is 2. The summed E-state index contributed by atoms with van der Waals surface area (Å²) in [5.74, 6) is 0.00350. The molecule has 0 saturated carbocycles. The molecule has 1 aromatic carbocycles.